The Morgan fingerprint density at radius 1 is 1.53 bits per heavy atom. The summed E-state index contributed by atoms with van der Waals surface area (Å²) in [7, 11) is 0. The normalized spacial score (nSPS) is 17.6. The van der Waals surface area contributed by atoms with Gasteiger partial charge in [-0.3, -0.25) is 0 Å². The Morgan fingerprint density at radius 2 is 2.27 bits per heavy atom. The molecule has 2 N–H and O–H groups in total. The highest BCUT2D eigenvalue weighted by Gasteiger charge is 2.25. The van der Waals surface area contributed by atoms with Crippen LogP contribution in [0.4, 0.5) is 0 Å². The molecule has 1 aliphatic rings. The molecular weight excluding hydrogens is 244 g/mol. The van der Waals surface area contributed by atoms with E-state index in [4.69, 9.17) is 23.2 Å². The van der Waals surface area contributed by atoms with Crippen LogP contribution in [-0.2, 0) is 6.42 Å². The lowest BCUT2D eigenvalue weighted by molar-refractivity contribution is 0.952. The van der Waals surface area contributed by atoms with Gasteiger partial charge < -0.3 is 5.73 Å². The van der Waals surface area contributed by atoms with Gasteiger partial charge >= 0.3 is 0 Å². The summed E-state index contributed by atoms with van der Waals surface area (Å²) >= 11 is 11.1. The van der Waals surface area contributed by atoms with E-state index in [0.29, 0.717) is 0 Å². The number of nitriles is 1. The first-order valence-electron chi connectivity index (χ1n) is 4.39. The van der Waals surface area contributed by atoms with E-state index in [2.05, 4.69) is 18.7 Å². The van der Waals surface area contributed by atoms with E-state index >= 15 is 0 Å². The Morgan fingerprint density at radius 3 is 2.87 bits per heavy atom. The highest BCUT2D eigenvalue weighted by atomic mass is 32.2. The van der Waals surface area contributed by atoms with Crippen molar-refractivity contribution >= 4 is 41.0 Å². The molecule has 1 aliphatic carbocycles. The third-order valence-corrected chi connectivity index (χ3v) is 4.36. The van der Waals surface area contributed by atoms with E-state index in [-0.39, 0.29) is 0 Å². The maximum absolute atomic E-state index is 8.96. The molecule has 0 radical (unpaired) electrons. The van der Waals surface area contributed by atoms with Crippen LogP contribution in [0.25, 0.3) is 0 Å². The Kier molecular flexibility index (Phi) is 2.83. The largest absolute Gasteiger partial charge is 0.404 e. The molecule has 5 heteroatoms. The van der Waals surface area contributed by atoms with Crippen molar-refractivity contribution in [2.24, 2.45) is 5.73 Å². The molecule has 1 aromatic heterocycles. The third-order valence-electron chi connectivity index (χ3n) is 2.45. The van der Waals surface area contributed by atoms with Crippen LogP contribution in [0.2, 0.25) is 0 Å². The molecule has 0 bridgehead atoms. The van der Waals surface area contributed by atoms with Gasteiger partial charge in [0.15, 0.2) is 0 Å². The number of hydrogen-bond donors (Lipinski definition) is 2. The molecule has 0 amide bonds. The molecule has 0 atom stereocenters. The molecule has 15 heavy (non-hydrogen) atoms. The lowest BCUT2D eigenvalue weighted by Crippen LogP contribution is -2.13. The van der Waals surface area contributed by atoms with Gasteiger partial charge in [-0.25, -0.2) is 0 Å². The first-order chi connectivity index (χ1) is 7.19. The van der Waals surface area contributed by atoms with E-state index < -0.39 is 0 Å². The monoisotopic (exact) mass is 252 g/mol. The van der Waals surface area contributed by atoms with Gasteiger partial charge in [-0.15, -0.1) is 24.0 Å². The lowest BCUT2D eigenvalue weighted by Gasteiger charge is -2.16. The van der Waals surface area contributed by atoms with Crippen LogP contribution in [0.1, 0.15) is 22.4 Å². The van der Waals surface area contributed by atoms with Gasteiger partial charge in [0.1, 0.15) is 10.9 Å². The van der Waals surface area contributed by atoms with Crippen LogP contribution in [0.5, 0.6) is 0 Å². The zero-order valence-corrected chi connectivity index (χ0v) is 10.3. The average Bonchev–Trinajstić information content (AvgIpc) is 2.56. The highest BCUT2D eigenvalue weighted by molar-refractivity contribution is 7.83. The zero-order chi connectivity index (χ0) is 11.0. The zero-order valence-electron chi connectivity index (χ0n) is 7.78. The predicted octanol–water partition coefficient (Wildman–Crippen LogP) is 2.42. The Bertz CT molecular complexity index is 505. The number of nitrogens with zero attached hydrogens (tertiary/aromatic N) is 1. The van der Waals surface area contributed by atoms with Gasteiger partial charge in [-0.1, -0.05) is 12.2 Å². The number of fused-ring (bicyclic) bond motifs is 1. The summed E-state index contributed by atoms with van der Waals surface area (Å²) in [5.74, 6) is 0. The summed E-state index contributed by atoms with van der Waals surface area (Å²) in [5, 5.41) is 8.96. The van der Waals surface area contributed by atoms with Crippen molar-refractivity contribution in [2.75, 3.05) is 0 Å². The summed E-state index contributed by atoms with van der Waals surface area (Å²) in [5.41, 5.74) is 8.47. The standard InChI is InChI=1S/C10H8N2S3/c11-3-5-1-2-6-7(4-12)15-10(14)8(6)9(5)13/h3,14H,1-2,11H2. The molecule has 0 aliphatic heterocycles. The Labute approximate surface area is 103 Å². The smallest absolute Gasteiger partial charge is 0.110 e. The molecule has 1 heterocycles. The third kappa shape index (κ3) is 1.59. The van der Waals surface area contributed by atoms with Gasteiger partial charge in [-0.2, -0.15) is 5.26 Å². The molecule has 0 unspecified atom stereocenters. The van der Waals surface area contributed by atoms with Crippen LogP contribution < -0.4 is 5.73 Å². The Balaban J connectivity index is 2.64. The number of thiophene rings is 1. The fourth-order valence-corrected chi connectivity index (χ4v) is 3.66. The fourth-order valence-electron chi connectivity index (χ4n) is 1.71. The van der Waals surface area contributed by atoms with Crippen LogP contribution in [0.15, 0.2) is 16.0 Å². The highest BCUT2D eigenvalue weighted by Crippen LogP contribution is 2.38. The number of hydrogen-bond acceptors (Lipinski definition) is 5. The summed E-state index contributed by atoms with van der Waals surface area (Å²) < 4.78 is 0.825. The van der Waals surface area contributed by atoms with Gasteiger partial charge in [-0.05, 0) is 30.2 Å². The van der Waals surface area contributed by atoms with Gasteiger partial charge in [0.2, 0.25) is 0 Å². The molecule has 0 saturated heterocycles. The van der Waals surface area contributed by atoms with Gasteiger partial charge in [0.25, 0.3) is 0 Å². The van der Waals surface area contributed by atoms with Crippen molar-refractivity contribution in [1.82, 2.24) is 0 Å². The van der Waals surface area contributed by atoms with Crippen LogP contribution in [0.3, 0.4) is 0 Å². The number of thiocarbonyl (C=S) groups is 1. The molecule has 0 fully saturated rings. The van der Waals surface area contributed by atoms with Crippen molar-refractivity contribution in [3.63, 3.8) is 0 Å². The molecule has 0 saturated carbocycles. The maximum Gasteiger partial charge on any atom is 0.110 e. The van der Waals surface area contributed by atoms with E-state index in [1.54, 1.807) is 6.20 Å². The molecular formula is C10H8N2S3. The molecule has 1 aromatic rings. The van der Waals surface area contributed by atoms with Crippen LogP contribution >= 0.6 is 36.2 Å². The summed E-state index contributed by atoms with van der Waals surface area (Å²) in [6.07, 6.45) is 3.21. The SMILES string of the molecule is N#Cc1sc(S)c2c1CCC(=CN)C2=S. The minimum Gasteiger partial charge on any atom is -0.404 e. The summed E-state index contributed by atoms with van der Waals surface area (Å²) in [6.45, 7) is 0. The molecule has 2 nitrogen and oxygen atoms in total. The summed E-state index contributed by atoms with van der Waals surface area (Å²) in [6, 6.07) is 2.19. The molecule has 0 aromatic carbocycles. The number of allylic oxidation sites excluding steroid dienone is 1. The molecule has 2 rings (SSSR count). The average molecular weight is 252 g/mol. The van der Waals surface area contributed by atoms with Gasteiger partial charge in [0.05, 0.1) is 9.07 Å². The topological polar surface area (TPSA) is 49.8 Å². The van der Waals surface area contributed by atoms with Crippen molar-refractivity contribution in [1.29, 1.82) is 5.26 Å². The fraction of sp³-hybridized carbons (Fsp3) is 0.200. The summed E-state index contributed by atoms with van der Waals surface area (Å²) in [4.78, 5) is 1.48. The second-order valence-corrected chi connectivity index (χ2v) is 5.40. The van der Waals surface area contributed by atoms with Crippen LogP contribution in [0, 0.1) is 11.3 Å². The first kappa shape index (κ1) is 10.7. The number of nitrogens with two attached hydrogens (primary N) is 1. The lowest BCUT2D eigenvalue weighted by atomic mass is 9.90. The van der Waals surface area contributed by atoms with Crippen molar-refractivity contribution in [3.8, 4) is 6.07 Å². The van der Waals surface area contributed by atoms with E-state index in [1.165, 1.54) is 11.3 Å². The Hall–Kier alpha value is -0.830. The van der Waals surface area contributed by atoms with Crippen LogP contribution in [-0.4, -0.2) is 4.86 Å². The minimum atomic E-state index is 0.730. The van der Waals surface area contributed by atoms with Crippen molar-refractivity contribution < 1.29 is 0 Å². The number of thiol groups is 1. The first-order valence-corrected chi connectivity index (χ1v) is 6.06. The van der Waals surface area contributed by atoms with E-state index in [1.807, 2.05) is 0 Å². The number of rotatable bonds is 0. The second-order valence-electron chi connectivity index (χ2n) is 3.22. The second kappa shape index (κ2) is 3.97. The van der Waals surface area contributed by atoms with Crippen molar-refractivity contribution in [3.05, 3.63) is 27.8 Å². The quantitative estimate of drug-likeness (QED) is 0.423. The molecule has 0 spiro atoms. The minimum absolute atomic E-state index is 0.730. The van der Waals surface area contributed by atoms with Gasteiger partial charge in [0, 0.05) is 5.56 Å². The van der Waals surface area contributed by atoms with Crippen molar-refractivity contribution in [2.45, 2.75) is 17.1 Å². The van der Waals surface area contributed by atoms with E-state index in [9.17, 15) is 0 Å². The maximum atomic E-state index is 8.96. The molecule has 76 valence electrons. The predicted molar refractivity (Wildman–Crippen MR) is 68.6 cm³/mol. The van der Waals surface area contributed by atoms with E-state index in [0.717, 1.165) is 43.5 Å².